The normalized spacial score (nSPS) is 11.0. The second-order valence-corrected chi connectivity index (χ2v) is 5.91. The van der Waals surface area contributed by atoms with Gasteiger partial charge in [-0.1, -0.05) is 0 Å². The van der Waals surface area contributed by atoms with Crippen molar-refractivity contribution in [2.45, 2.75) is 4.90 Å². The van der Waals surface area contributed by atoms with Crippen molar-refractivity contribution in [1.29, 1.82) is 0 Å². The van der Waals surface area contributed by atoms with E-state index in [4.69, 9.17) is 15.0 Å². The first-order valence-electron chi connectivity index (χ1n) is 6.19. The molecular formula is C13H13N3O6S. The molecule has 0 aliphatic rings. The molecule has 0 bridgehead atoms. The van der Waals surface area contributed by atoms with Crippen molar-refractivity contribution in [3.8, 4) is 5.75 Å². The average Bonchev–Trinajstić information content (AvgIpc) is 2.46. The van der Waals surface area contributed by atoms with Gasteiger partial charge in [-0.3, -0.25) is 14.7 Å². The number of hydrogen-bond acceptors (Lipinski definition) is 7. The highest BCUT2D eigenvalue weighted by Crippen LogP contribution is 2.32. The molecule has 23 heavy (non-hydrogen) atoms. The van der Waals surface area contributed by atoms with Crippen LogP contribution in [0.5, 0.6) is 5.75 Å². The molecule has 0 aliphatic heterocycles. The molecule has 4 N–H and O–H groups in total. The van der Waals surface area contributed by atoms with E-state index in [1.165, 1.54) is 19.2 Å². The van der Waals surface area contributed by atoms with Crippen molar-refractivity contribution in [2.24, 2.45) is 0 Å². The molecule has 122 valence electrons. The highest BCUT2D eigenvalue weighted by Gasteiger charge is 2.20. The summed E-state index contributed by atoms with van der Waals surface area (Å²) in [6, 6.07) is 7.69. The monoisotopic (exact) mass is 339 g/mol. The third-order valence-corrected chi connectivity index (χ3v) is 3.82. The number of ether oxygens (including phenoxy) is 1. The summed E-state index contributed by atoms with van der Waals surface area (Å²) in [4.78, 5) is 9.78. The van der Waals surface area contributed by atoms with Gasteiger partial charge in [0.2, 0.25) is 0 Å². The van der Waals surface area contributed by atoms with Gasteiger partial charge in [0.25, 0.3) is 15.8 Å². The van der Waals surface area contributed by atoms with Crippen LogP contribution in [0.15, 0.2) is 41.3 Å². The number of nitrogens with zero attached hydrogens (tertiary/aromatic N) is 1. The molecule has 2 aromatic carbocycles. The number of rotatable bonds is 5. The van der Waals surface area contributed by atoms with Gasteiger partial charge in [-0.15, -0.1) is 0 Å². The van der Waals surface area contributed by atoms with Crippen molar-refractivity contribution in [1.82, 2.24) is 0 Å². The third kappa shape index (κ3) is 3.67. The van der Waals surface area contributed by atoms with E-state index >= 15 is 0 Å². The zero-order valence-electron chi connectivity index (χ0n) is 11.9. The second-order valence-electron chi connectivity index (χ2n) is 4.49. The Kier molecular flexibility index (Phi) is 4.38. The summed E-state index contributed by atoms with van der Waals surface area (Å²) >= 11 is 0. The van der Waals surface area contributed by atoms with Gasteiger partial charge in [0, 0.05) is 11.8 Å². The van der Waals surface area contributed by atoms with Crippen LogP contribution in [0.2, 0.25) is 0 Å². The number of nitrogen functional groups attached to an aromatic ring is 1. The summed E-state index contributed by atoms with van der Waals surface area (Å²) in [7, 11) is -3.08. The van der Waals surface area contributed by atoms with Crippen LogP contribution >= 0.6 is 0 Å². The van der Waals surface area contributed by atoms with Gasteiger partial charge in [0.05, 0.1) is 17.7 Å². The lowest BCUT2D eigenvalue weighted by Crippen LogP contribution is -2.02. The van der Waals surface area contributed by atoms with Crippen molar-refractivity contribution < 1.29 is 22.6 Å². The Morgan fingerprint density at radius 3 is 2.48 bits per heavy atom. The van der Waals surface area contributed by atoms with Crippen LogP contribution in [-0.4, -0.2) is 25.0 Å². The van der Waals surface area contributed by atoms with Crippen molar-refractivity contribution in [3.63, 3.8) is 0 Å². The average molecular weight is 339 g/mol. The molecule has 2 aromatic rings. The number of hydrogen-bond donors (Lipinski definition) is 3. The summed E-state index contributed by atoms with van der Waals surface area (Å²) in [5.74, 6) is 0.451. The van der Waals surface area contributed by atoms with Crippen molar-refractivity contribution in [3.05, 3.63) is 46.5 Å². The number of anilines is 3. The van der Waals surface area contributed by atoms with Gasteiger partial charge in [-0.2, -0.15) is 8.42 Å². The number of nitro benzene ring substituents is 1. The second kappa shape index (κ2) is 6.10. The van der Waals surface area contributed by atoms with Gasteiger partial charge in [0.15, 0.2) is 0 Å². The summed E-state index contributed by atoms with van der Waals surface area (Å²) < 4.78 is 36.1. The Balaban J connectivity index is 2.43. The van der Waals surface area contributed by atoms with Crippen LogP contribution in [0.3, 0.4) is 0 Å². The zero-order valence-corrected chi connectivity index (χ0v) is 12.7. The van der Waals surface area contributed by atoms with E-state index in [2.05, 4.69) is 5.32 Å². The quantitative estimate of drug-likeness (QED) is 0.325. The number of benzene rings is 2. The molecule has 0 atom stereocenters. The predicted octanol–water partition coefficient (Wildman–Crippen LogP) is 2.18. The van der Waals surface area contributed by atoms with Crippen LogP contribution in [0.4, 0.5) is 22.7 Å². The zero-order chi connectivity index (χ0) is 17.2. The first kappa shape index (κ1) is 16.5. The van der Waals surface area contributed by atoms with Gasteiger partial charge >= 0.3 is 0 Å². The largest absolute Gasteiger partial charge is 0.495 e. The summed E-state index contributed by atoms with van der Waals surface area (Å²) in [5.41, 5.74) is 6.07. The van der Waals surface area contributed by atoms with Crippen LogP contribution in [0.25, 0.3) is 0 Å². The number of nitro groups is 1. The minimum Gasteiger partial charge on any atom is -0.495 e. The molecule has 0 radical (unpaired) electrons. The molecule has 2 rings (SSSR count). The van der Waals surface area contributed by atoms with Crippen LogP contribution in [0.1, 0.15) is 0 Å². The summed E-state index contributed by atoms with van der Waals surface area (Å²) in [6.07, 6.45) is 0. The fourth-order valence-electron chi connectivity index (χ4n) is 1.90. The lowest BCUT2D eigenvalue weighted by atomic mass is 10.2. The molecule has 0 aromatic heterocycles. The number of nitrogens with two attached hydrogens (primary N) is 1. The van der Waals surface area contributed by atoms with E-state index in [1.807, 2.05) is 0 Å². The standard InChI is InChI=1S/C13H13N3O6S/c1-22-13-5-2-8(6-10(13)14)15-11-4-3-9(23(19,20)21)7-12(11)16(17)18/h2-7,15H,14H2,1H3,(H,19,20,21). The fourth-order valence-corrected chi connectivity index (χ4v) is 2.40. The van der Waals surface area contributed by atoms with Crippen molar-refractivity contribution >= 4 is 32.9 Å². The van der Waals surface area contributed by atoms with E-state index in [9.17, 15) is 18.5 Å². The Morgan fingerprint density at radius 2 is 1.96 bits per heavy atom. The molecule has 9 nitrogen and oxygen atoms in total. The molecule has 0 heterocycles. The topological polar surface area (TPSA) is 145 Å². The van der Waals surface area contributed by atoms with Crippen molar-refractivity contribution in [2.75, 3.05) is 18.2 Å². The molecule has 0 unspecified atom stereocenters. The maximum atomic E-state index is 11.1. The SMILES string of the molecule is COc1ccc(Nc2ccc(S(=O)(=O)O)cc2[N+](=O)[O-])cc1N. The number of methoxy groups -OCH3 is 1. The van der Waals surface area contributed by atoms with E-state index < -0.39 is 25.6 Å². The van der Waals surface area contributed by atoms with Crippen LogP contribution < -0.4 is 15.8 Å². The molecule has 0 spiro atoms. The lowest BCUT2D eigenvalue weighted by Gasteiger charge is -2.10. The lowest BCUT2D eigenvalue weighted by molar-refractivity contribution is -0.384. The third-order valence-electron chi connectivity index (χ3n) is 2.97. The minimum atomic E-state index is -4.53. The Morgan fingerprint density at radius 1 is 1.26 bits per heavy atom. The fraction of sp³-hybridized carbons (Fsp3) is 0.0769. The van der Waals surface area contributed by atoms with E-state index in [-0.39, 0.29) is 5.69 Å². The molecule has 0 saturated carbocycles. The van der Waals surface area contributed by atoms with E-state index in [1.54, 1.807) is 12.1 Å². The molecular weight excluding hydrogens is 326 g/mol. The van der Waals surface area contributed by atoms with Gasteiger partial charge < -0.3 is 15.8 Å². The maximum absolute atomic E-state index is 11.1. The molecule has 10 heteroatoms. The van der Waals surface area contributed by atoms with Crippen LogP contribution in [0, 0.1) is 10.1 Å². The maximum Gasteiger partial charge on any atom is 0.294 e. The molecule has 0 fully saturated rings. The van der Waals surface area contributed by atoms with Gasteiger partial charge in [0.1, 0.15) is 16.3 Å². The summed E-state index contributed by atoms with van der Waals surface area (Å²) in [5, 5.41) is 13.9. The number of nitrogens with one attached hydrogen (secondary N) is 1. The van der Waals surface area contributed by atoms with E-state index in [0.717, 1.165) is 12.1 Å². The van der Waals surface area contributed by atoms with Gasteiger partial charge in [-0.25, -0.2) is 0 Å². The van der Waals surface area contributed by atoms with Crippen LogP contribution in [-0.2, 0) is 10.1 Å². The Bertz CT molecular complexity index is 866. The summed E-state index contributed by atoms with van der Waals surface area (Å²) in [6.45, 7) is 0. The molecule has 0 aliphatic carbocycles. The van der Waals surface area contributed by atoms with Gasteiger partial charge in [-0.05, 0) is 30.3 Å². The molecule has 0 saturated heterocycles. The Hall–Kier alpha value is -2.85. The highest BCUT2D eigenvalue weighted by molar-refractivity contribution is 7.85. The minimum absolute atomic E-state index is 0.0481. The van der Waals surface area contributed by atoms with E-state index in [0.29, 0.717) is 17.1 Å². The molecule has 0 amide bonds. The Labute approximate surface area is 131 Å². The first-order chi connectivity index (χ1) is 10.7. The smallest absolute Gasteiger partial charge is 0.294 e. The highest BCUT2D eigenvalue weighted by atomic mass is 32.2. The predicted molar refractivity (Wildman–Crippen MR) is 83.6 cm³/mol. The first-order valence-corrected chi connectivity index (χ1v) is 7.63.